The van der Waals surface area contributed by atoms with E-state index in [4.69, 9.17) is 0 Å². The first-order valence-corrected chi connectivity index (χ1v) is 14.5. The van der Waals surface area contributed by atoms with Crippen molar-refractivity contribution in [3.05, 3.63) is 70.8 Å². The Kier molecular flexibility index (Phi) is 28.8. The van der Waals surface area contributed by atoms with Crippen molar-refractivity contribution in [2.24, 2.45) is 5.92 Å². The Hall–Kier alpha value is -3.19. The van der Waals surface area contributed by atoms with E-state index in [1.165, 1.54) is 51.6 Å². The third kappa shape index (κ3) is 22.5. The average molecular weight is 538 g/mol. The molecule has 2 rings (SSSR count). The molecule has 0 spiro atoms. The van der Waals surface area contributed by atoms with Crippen LogP contribution in [0.15, 0.2) is 48.5 Å². The monoisotopic (exact) mass is 537 g/mol. The number of carbonyl (C=O) groups excluding carboxylic acids is 3. The number of hydrogen-bond donors (Lipinski definition) is 1. The fraction of sp³-hybridized carbons (Fsp3) is 0.514. The summed E-state index contributed by atoms with van der Waals surface area (Å²) in [6.07, 6.45) is 7.29. The number of amides is 1. The maximum absolute atomic E-state index is 11.1. The lowest BCUT2D eigenvalue weighted by atomic mass is 10.0. The maximum Gasteiger partial charge on any atom is 0.230 e. The lowest BCUT2D eigenvalue weighted by Crippen LogP contribution is -2.31. The van der Waals surface area contributed by atoms with E-state index in [9.17, 15) is 14.4 Å². The van der Waals surface area contributed by atoms with E-state index < -0.39 is 5.92 Å². The highest BCUT2D eigenvalue weighted by atomic mass is 16.2. The zero-order valence-electron chi connectivity index (χ0n) is 26.7. The Balaban J connectivity index is -0.000000520. The first-order valence-electron chi connectivity index (χ1n) is 14.5. The van der Waals surface area contributed by atoms with Gasteiger partial charge in [0.05, 0.1) is 5.92 Å². The van der Waals surface area contributed by atoms with Gasteiger partial charge in [0.1, 0.15) is 5.78 Å². The van der Waals surface area contributed by atoms with E-state index in [0.717, 1.165) is 16.7 Å². The first kappa shape index (κ1) is 40.3. The van der Waals surface area contributed by atoms with Crippen molar-refractivity contribution in [3.8, 4) is 11.8 Å². The predicted octanol–water partition coefficient (Wildman–Crippen LogP) is 8.97. The van der Waals surface area contributed by atoms with Gasteiger partial charge in [-0.15, -0.1) is 0 Å². The summed E-state index contributed by atoms with van der Waals surface area (Å²) in [7, 11) is 1.54. The average Bonchev–Trinajstić information content (AvgIpc) is 2.95. The number of Topliss-reactive ketones (excluding diaryl/α,β-unsaturated/α-hetero) is 2. The Morgan fingerprint density at radius 1 is 0.718 bits per heavy atom. The quantitative estimate of drug-likeness (QED) is 0.218. The second-order valence-corrected chi connectivity index (χ2v) is 8.79. The topological polar surface area (TPSA) is 63.2 Å². The minimum atomic E-state index is -0.454. The molecular weight excluding hydrogens is 482 g/mol. The molecule has 1 atom stereocenters. The molecule has 218 valence electrons. The standard InChI is InChI=1S/C17H14O.C7H13NO2.C5H12.C4H10.C2H6/c1-13-3-5-15(6-4-13)7-8-16-9-11-17(12-10-16)14(2)18;1-4-6(5(2)9)7(10)8-3;1-3-5-4-2;1-3-4-2;1-2/h3-6,9-12H,1-2H3;6H,4H2,1-3H3,(H,8,10);3-5H2,1-2H3;3-4H2,1-2H3;1-2H3. The van der Waals surface area contributed by atoms with Gasteiger partial charge in [-0.05, 0) is 51.5 Å². The molecule has 1 N–H and O–H groups in total. The van der Waals surface area contributed by atoms with Crippen molar-refractivity contribution >= 4 is 17.5 Å². The maximum atomic E-state index is 11.1. The fourth-order valence-electron chi connectivity index (χ4n) is 2.75. The Bertz CT molecular complexity index is 944. The van der Waals surface area contributed by atoms with Crippen LogP contribution in [0.4, 0.5) is 0 Å². The van der Waals surface area contributed by atoms with Gasteiger partial charge in [0, 0.05) is 23.7 Å². The van der Waals surface area contributed by atoms with Crippen LogP contribution in [0.2, 0.25) is 0 Å². The first-order chi connectivity index (χ1) is 18.6. The second-order valence-electron chi connectivity index (χ2n) is 8.79. The number of ketones is 2. The molecule has 4 heteroatoms. The summed E-state index contributed by atoms with van der Waals surface area (Å²) in [4.78, 5) is 32.7. The van der Waals surface area contributed by atoms with Crippen molar-refractivity contribution < 1.29 is 14.4 Å². The summed E-state index contributed by atoms with van der Waals surface area (Å²) >= 11 is 0. The molecule has 0 aromatic heterocycles. The minimum Gasteiger partial charge on any atom is -0.359 e. The van der Waals surface area contributed by atoms with Crippen LogP contribution in [-0.2, 0) is 9.59 Å². The van der Waals surface area contributed by atoms with Crippen molar-refractivity contribution in [1.29, 1.82) is 0 Å². The smallest absolute Gasteiger partial charge is 0.230 e. The molecule has 0 bridgehead atoms. The number of carbonyl (C=O) groups is 3. The molecule has 0 aliphatic heterocycles. The van der Waals surface area contributed by atoms with Gasteiger partial charge < -0.3 is 5.32 Å². The van der Waals surface area contributed by atoms with Gasteiger partial charge in [-0.2, -0.15) is 0 Å². The number of aryl methyl sites for hydroxylation is 1. The van der Waals surface area contributed by atoms with Crippen LogP contribution in [0, 0.1) is 24.7 Å². The van der Waals surface area contributed by atoms with E-state index in [0.29, 0.717) is 6.42 Å². The number of benzene rings is 2. The third-order valence-electron chi connectivity index (χ3n) is 5.36. The van der Waals surface area contributed by atoms with E-state index in [2.05, 4.69) is 51.8 Å². The van der Waals surface area contributed by atoms with Crippen molar-refractivity contribution in [2.45, 2.75) is 108 Å². The summed E-state index contributed by atoms with van der Waals surface area (Å²) in [5.41, 5.74) is 3.86. The van der Waals surface area contributed by atoms with E-state index >= 15 is 0 Å². The molecule has 1 amide bonds. The zero-order chi connectivity index (χ0) is 30.6. The van der Waals surface area contributed by atoms with Gasteiger partial charge in [0.15, 0.2) is 5.78 Å². The summed E-state index contributed by atoms with van der Waals surface area (Å²) in [6, 6.07) is 15.5. The molecule has 39 heavy (non-hydrogen) atoms. The van der Waals surface area contributed by atoms with Gasteiger partial charge in [-0.25, -0.2) is 0 Å². The van der Waals surface area contributed by atoms with E-state index in [1.54, 1.807) is 6.92 Å². The normalized spacial score (nSPS) is 9.51. The number of hydrogen-bond acceptors (Lipinski definition) is 3. The van der Waals surface area contributed by atoms with Crippen molar-refractivity contribution in [3.63, 3.8) is 0 Å². The number of rotatable bonds is 7. The summed E-state index contributed by atoms with van der Waals surface area (Å²) in [5, 5.41) is 2.44. The number of unbranched alkanes of at least 4 members (excludes halogenated alkanes) is 3. The molecule has 1 unspecified atom stereocenters. The lowest BCUT2D eigenvalue weighted by Gasteiger charge is -2.07. The molecule has 0 aliphatic carbocycles. The molecule has 0 heterocycles. The van der Waals surface area contributed by atoms with Crippen molar-refractivity contribution in [2.75, 3.05) is 7.05 Å². The SMILES string of the molecule is CC.CC(=O)c1ccc(C#Cc2ccc(C)cc2)cc1.CCC(C(C)=O)C(=O)NC.CCCC.CCCCC. The summed E-state index contributed by atoms with van der Waals surface area (Å²) < 4.78 is 0. The lowest BCUT2D eigenvalue weighted by molar-refractivity contribution is -0.132. The molecule has 0 aliphatic rings. The minimum absolute atomic E-state index is 0.0677. The van der Waals surface area contributed by atoms with Gasteiger partial charge in [0.25, 0.3) is 0 Å². The molecule has 2 aromatic carbocycles. The number of nitrogens with one attached hydrogen (secondary N) is 1. The van der Waals surface area contributed by atoms with Gasteiger partial charge in [-0.1, -0.05) is 122 Å². The van der Waals surface area contributed by atoms with Crippen LogP contribution in [0.5, 0.6) is 0 Å². The molecular formula is C35H55NO3. The van der Waals surface area contributed by atoms with Crippen LogP contribution < -0.4 is 5.32 Å². The highest BCUT2D eigenvalue weighted by molar-refractivity contribution is 6.00. The summed E-state index contributed by atoms with van der Waals surface area (Å²) in [5.74, 6) is 5.56. The molecule has 0 saturated heterocycles. The molecule has 4 nitrogen and oxygen atoms in total. The highest BCUT2D eigenvalue weighted by Gasteiger charge is 2.18. The largest absolute Gasteiger partial charge is 0.359 e. The van der Waals surface area contributed by atoms with Gasteiger partial charge in [-0.3, -0.25) is 14.4 Å². The van der Waals surface area contributed by atoms with Crippen molar-refractivity contribution in [1.82, 2.24) is 5.32 Å². The van der Waals surface area contributed by atoms with E-state index in [1.807, 2.05) is 69.3 Å². The Labute approximate surface area is 240 Å². The van der Waals surface area contributed by atoms with Gasteiger partial charge >= 0.3 is 0 Å². The predicted molar refractivity (Wildman–Crippen MR) is 169 cm³/mol. The zero-order valence-corrected chi connectivity index (χ0v) is 26.7. The van der Waals surface area contributed by atoms with Gasteiger partial charge in [0.2, 0.25) is 5.91 Å². The molecule has 0 fully saturated rings. The van der Waals surface area contributed by atoms with Crippen LogP contribution in [-0.4, -0.2) is 24.5 Å². The molecule has 2 aromatic rings. The van der Waals surface area contributed by atoms with Crippen LogP contribution >= 0.6 is 0 Å². The van der Waals surface area contributed by atoms with E-state index in [-0.39, 0.29) is 17.5 Å². The van der Waals surface area contributed by atoms with Crippen LogP contribution in [0.3, 0.4) is 0 Å². The fourth-order valence-corrected chi connectivity index (χ4v) is 2.75. The van der Waals surface area contributed by atoms with Crippen LogP contribution in [0.25, 0.3) is 0 Å². The highest BCUT2D eigenvalue weighted by Crippen LogP contribution is 2.06. The molecule has 0 radical (unpaired) electrons. The summed E-state index contributed by atoms with van der Waals surface area (Å²) in [6.45, 7) is 19.7. The Morgan fingerprint density at radius 2 is 1.13 bits per heavy atom. The molecule has 0 saturated carbocycles. The second kappa shape index (κ2) is 27.8. The Morgan fingerprint density at radius 3 is 1.36 bits per heavy atom. The third-order valence-corrected chi connectivity index (χ3v) is 5.36. The van der Waals surface area contributed by atoms with Crippen LogP contribution in [0.1, 0.15) is 128 Å².